The molecule has 0 spiro atoms. The molecule has 0 aliphatic heterocycles. The number of aliphatic hydroxyl groups is 1. The zero-order valence-electron chi connectivity index (χ0n) is 10.5. The van der Waals surface area contributed by atoms with Gasteiger partial charge in [-0.1, -0.05) is 0 Å². The molecule has 0 amide bonds. The molecule has 1 rings (SSSR count). The van der Waals surface area contributed by atoms with Crippen molar-refractivity contribution in [3.8, 4) is 5.75 Å². The van der Waals surface area contributed by atoms with Gasteiger partial charge < -0.3 is 14.6 Å². The fraction of sp³-hybridized carbons (Fsp3) is 0.500. The maximum absolute atomic E-state index is 10.6. The molecule has 0 saturated heterocycles. The number of non-ortho nitro benzene ring substituents is 1. The lowest BCUT2D eigenvalue weighted by Gasteiger charge is -2.13. The van der Waals surface area contributed by atoms with Crippen molar-refractivity contribution in [3.05, 3.63) is 33.9 Å². The van der Waals surface area contributed by atoms with Gasteiger partial charge in [0.1, 0.15) is 12.4 Å². The Morgan fingerprint density at radius 2 is 2.17 bits per heavy atom. The van der Waals surface area contributed by atoms with Crippen molar-refractivity contribution in [3.63, 3.8) is 0 Å². The highest BCUT2D eigenvalue weighted by Gasteiger charge is 2.15. The minimum Gasteiger partial charge on any atom is -0.491 e. The highest BCUT2D eigenvalue weighted by Crippen LogP contribution is 2.29. The number of nitro groups is 1. The Balaban J connectivity index is 2.80. The second-order valence-corrected chi connectivity index (χ2v) is 3.70. The normalized spacial score (nSPS) is 12.2. The molecule has 0 saturated carbocycles. The van der Waals surface area contributed by atoms with Crippen LogP contribution in [0.2, 0.25) is 0 Å². The Hall–Kier alpha value is -1.66. The van der Waals surface area contributed by atoms with Crippen molar-refractivity contribution in [1.29, 1.82) is 0 Å². The molecule has 18 heavy (non-hydrogen) atoms. The maximum Gasteiger partial charge on any atom is 0.270 e. The molecule has 0 radical (unpaired) electrons. The number of hydrogen-bond acceptors (Lipinski definition) is 5. The fourth-order valence-electron chi connectivity index (χ4n) is 1.46. The highest BCUT2D eigenvalue weighted by atomic mass is 16.6. The predicted octanol–water partition coefficient (Wildman–Crippen LogP) is 2.06. The summed E-state index contributed by atoms with van der Waals surface area (Å²) in [4.78, 5) is 10.1. The quantitative estimate of drug-likeness (QED) is 0.458. The van der Waals surface area contributed by atoms with Crippen molar-refractivity contribution < 1.29 is 19.5 Å². The number of ether oxygens (including phenoxy) is 2. The van der Waals surface area contributed by atoms with E-state index in [1.165, 1.54) is 25.1 Å². The molecule has 0 aromatic heterocycles. The van der Waals surface area contributed by atoms with Crippen LogP contribution in [0.4, 0.5) is 5.69 Å². The first kappa shape index (κ1) is 14.4. The number of benzene rings is 1. The third-order valence-electron chi connectivity index (χ3n) is 2.34. The molecule has 1 aromatic carbocycles. The molecule has 0 aliphatic rings. The van der Waals surface area contributed by atoms with Crippen LogP contribution in [-0.4, -0.2) is 29.9 Å². The Kier molecular flexibility index (Phi) is 5.54. The van der Waals surface area contributed by atoms with Gasteiger partial charge in [-0.3, -0.25) is 10.1 Å². The second kappa shape index (κ2) is 6.93. The van der Waals surface area contributed by atoms with E-state index in [0.717, 1.165) is 0 Å². The van der Waals surface area contributed by atoms with E-state index in [9.17, 15) is 15.2 Å². The minimum absolute atomic E-state index is 0.0666. The lowest BCUT2D eigenvalue weighted by atomic mass is 10.1. The first-order valence-corrected chi connectivity index (χ1v) is 5.73. The van der Waals surface area contributed by atoms with E-state index in [1.54, 1.807) is 0 Å². The average Bonchev–Trinajstić information content (AvgIpc) is 2.34. The van der Waals surface area contributed by atoms with Crippen molar-refractivity contribution in [2.75, 3.05) is 19.8 Å². The first-order chi connectivity index (χ1) is 8.56. The van der Waals surface area contributed by atoms with Crippen LogP contribution < -0.4 is 4.74 Å². The first-order valence-electron chi connectivity index (χ1n) is 5.73. The summed E-state index contributed by atoms with van der Waals surface area (Å²) in [5.74, 6) is 0.440. The largest absolute Gasteiger partial charge is 0.491 e. The van der Waals surface area contributed by atoms with Crippen molar-refractivity contribution in [2.45, 2.75) is 20.0 Å². The van der Waals surface area contributed by atoms with E-state index >= 15 is 0 Å². The van der Waals surface area contributed by atoms with Gasteiger partial charge >= 0.3 is 0 Å². The van der Waals surface area contributed by atoms with Gasteiger partial charge in [0.15, 0.2) is 0 Å². The Morgan fingerprint density at radius 1 is 1.44 bits per heavy atom. The van der Waals surface area contributed by atoms with Gasteiger partial charge in [-0.05, 0) is 19.9 Å². The van der Waals surface area contributed by atoms with E-state index < -0.39 is 11.0 Å². The van der Waals surface area contributed by atoms with Crippen molar-refractivity contribution in [2.24, 2.45) is 0 Å². The molecule has 0 heterocycles. The molecule has 6 nitrogen and oxygen atoms in total. The summed E-state index contributed by atoms with van der Waals surface area (Å²) >= 11 is 0. The summed E-state index contributed by atoms with van der Waals surface area (Å²) in [5, 5.41) is 20.2. The van der Waals surface area contributed by atoms with Crippen LogP contribution in [-0.2, 0) is 4.74 Å². The molecule has 0 fully saturated rings. The van der Waals surface area contributed by atoms with Gasteiger partial charge in [-0.2, -0.15) is 0 Å². The third-order valence-corrected chi connectivity index (χ3v) is 2.34. The lowest BCUT2D eigenvalue weighted by Crippen LogP contribution is -2.08. The smallest absolute Gasteiger partial charge is 0.270 e. The van der Waals surface area contributed by atoms with Gasteiger partial charge in [-0.15, -0.1) is 0 Å². The van der Waals surface area contributed by atoms with Gasteiger partial charge in [-0.25, -0.2) is 0 Å². The molecule has 6 heteroatoms. The van der Waals surface area contributed by atoms with Crippen LogP contribution in [0.15, 0.2) is 18.2 Å². The standard InChI is InChI=1S/C12H17NO5/c1-3-17-6-7-18-12-5-4-10(13(15)16)8-11(12)9(2)14/h4-5,8-9,14H,3,6-7H2,1-2H3/t9-/m1/s1. The SMILES string of the molecule is CCOCCOc1ccc([N+](=O)[O-])cc1[C@@H](C)O. The van der Waals surface area contributed by atoms with E-state index in [4.69, 9.17) is 9.47 Å². The van der Waals surface area contributed by atoms with Crippen molar-refractivity contribution >= 4 is 5.69 Å². The third kappa shape index (κ3) is 3.97. The zero-order valence-corrected chi connectivity index (χ0v) is 10.5. The predicted molar refractivity (Wildman–Crippen MR) is 65.7 cm³/mol. The Labute approximate surface area is 105 Å². The molecule has 0 bridgehead atoms. The topological polar surface area (TPSA) is 81.8 Å². The average molecular weight is 255 g/mol. The van der Waals surface area contributed by atoms with E-state index in [0.29, 0.717) is 31.1 Å². The van der Waals surface area contributed by atoms with Crippen LogP contribution >= 0.6 is 0 Å². The molecular formula is C12H17NO5. The highest BCUT2D eigenvalue weighted by molar-refractivity contribution is 5.44. The molecule has 1 aromatic rings. The van der Waals surface area contributed by atoms with Crippen LogP contribution in [0.1, 0.15) is 25.5 Å². The summed E-state index contributed by atoms with van der Waals surface area (Å²) in [6, 6.07) is 4.16. The number of nitrogens with zero attached hydrogens (tertiary/aromatic N) is 1. The molecule has 0 unspecified atom stereocenters. The van der Waals surface area contributed by atoms with Crippen LogP contribution in [0.25, 0.3) is 0 Å². The number of aliphatic hydroxyl groups excluding tert-OH is 1. The fourth-order valence-corrected chi connectivity index (χ4v) is 1.46. The van der Waals surface area contributed by atoms with E-state index in [-0.39, 0.29) is 5.69 Å². The monoisotopic (exact) mass is 255 g/mol. The van der Waals surface area contributed by atoms with Gasteiger partial charge in [0, 0.05) is 24.3 Å². The summed E-state index contributed by atoms with van der Waals surface area (Å²) in [5.41, 5.74) is 0.337. The summed E-state index contributed by atoms with van der Waals surface area (Å²) in [6.45, 7) is 4.80. The van der Waals surface area contributed by atoms with E-state index in [1.807, 2.05) is 6.92 Å². The molecule has 1 atom stereocenters. The second-order valence-electron chi connectivity index (χ2n) is 3.70. The van der Waals surface area contributed by atoms with Crippen LogP contribution in [0.3, 0.4) is 0 Å². The minimum atomic E-state index is -0.827. The number of rotatable bonds is 7. The van der Waals surface area contributed by atoms with Gasteiger partial charge in [0.05, 0.1) is 17.6 Å². The van der Waals surface area contributed by atoms with Crippen molar-refractivity contribution in [1.82, 2.24) is 0 Å². The Morgan fingerprint density at radius 3 is 2.72 bits per heavy atom. The summed E-state index contributed by atoms with van der Waals surface area (Å²) in [7, 11) is 0. The van der Waals surface area contributed by atoms with Gasteiger partial charge in [0.2, 0.25) is 0 Å². The van der Waals surface area contributed by atoms with Crippen LogP contribution in [0, 0.1) is 10.1 Å². The van der Waals surface area contributed by atoms with E-state index in [2.05, 4.69) is 0 Å². The maximum atomic E-state index is 10.6. The molecule has 100 valence electrons. The lowest BCUT2D eigenvalue weighted by molar-refractivity contribution is -0.385. The summed E-state index contributed by atoms with van der Waals surface area (Å²) in [6.07, 6.45) is -0.827. The molecule has 1 N–H and O–H groups in total. The summed E-state index contributed by atoms with van der Waals surface area (Å²) < 4.78 is 10.5. The van der Waals surface area contributed by atoms with Crippen LogP contribution in [0.5, 0.6) is 5.75 Å². The number of hydrogen-bond donors (Lipinski definition) is 1. The van der Waals surface area contributed by atoms with Gasteiger partial charge in [0.25, 0.3) is 5.69 Å². The number of nitro benzene ring substituents is 1. The molecular weight excluding hydrogens is 238 g/mol. The molecule has 0 aliphatic carbocycles. The Bertz CT molecular complexity index is 405. The zero-order chi connectivity index (χ0) is 13.5.